The third kappa shape index (κ3) is 1.86. The number of aromatic hydroxyl groups is 1. The number of phenols is 1. The van der Waals surface area contributed by atoms with E-state index in [0.29, 0.717) is 12.1 Å². The Morgan fingerprint density at radius 3 is 2.59 bits per heavy atom. The Labute approximate surface area is 100 Å². The average Bonchev–Trinajstić information content (AvgIpc) is 2.79. The van der Waals surface area contributed by atoms with E-state index in [4.69, 9.17) is 10.5 Å². The zero-order valence-corrected chi connectivity index (χ0v) is 10.0. The van der Waals surface area contributed by atoms with Gasteiger partial charge in [-0.25, -0.2) is 4.39 Å². The minimum absolute atomic E-state index is 0.0179. The summed E-state index contributed by atoms with van der Waals surface area (Å²) in [6.45, 7) is 0.352. The minimum atomic E-state index is -0.472. The lowest BCUT2D eigenvalue weighted by Crippen LogP contribution is -2.33. The van der Waals surface area contributed by atoms with Crippen molar-refractivity contribution in [1.29, 1.82) is 0 Å². The highest BCUT2D eigenvalue weighted by Gasteiger charge is 2.39. The van der Waals surface area contributed by atoms with Gasteiger partial charge in [0.1, 0.15) is 5.75 Å². The molecule has 0 atom stereocenters. The Balaban J connectivity index is 2.56. The first-order valence-corrected chi connectivity index (χ1v) is 5.90. The van der Waals surface area contributed by atoms with Crippen molar-refractivity contribution in [3.63, 3.8) is 0 Å². The highest BCUT2D eigenvalue weighted by Crippen LogP contribution is 2.46. The largest absolute Gasteiger partial charge is 0.508 e. The van der Waals surface area contributed by atoms with Crippen LogP contribution in [0.4, 0.5) is 4.39 Å². The fraction of sp³-hybridized carbons (Fsp3) is 0.538. The number of phenolic OH excluding ortho intramolecular Hbond substituents is 1. The third-order valence-corrected chi connectivity index (χ3v) is 3.79. The van der Waals surface area contributed by atoms with Crippen molar-refractivity contribution < 1.29 is 14.2 Å². The molecule has 0 spiro atoms. The molecule has 1 aromatic rings. The Morgan fingerprint density at radius 1 is 1.41 bits per heavy atom. The number of benzene rings is 1. The Kier molecular flexibility index (Phi) is 3.24. The van der Waals surface area contributed by atoms with Gasteiger partial charge < -0.3 is 15.6 Å². The fourth-order valence-corrected chi connectivity index (χ4v) is 2.82. The van der Waals surface area contributed by atoms with Gasteiger partial charge in [-0.05, 0) is 25.0 Å². The van der Waals surface area contributed by atoms with Gasteiger partial charge in [0.25, 0.3) is 0 Å². The fourth-order valence-electron chi connectivity index (χ4n) is 2.82. The summed E-state index contributed by atoms with van der Waals surface area (Å²) in [6, 6.07) is 2.92. The lowest BCUT2D eigenvalue weighted by atomic mass is 9.78. The topological polar surface area (TPSA) is 55.5 Å². The molecule has 0 saturated heterocycles. The molecule has 3 nitrogen and oxygen atoms in total. The van der Waals surface area contributed by atoms with Crippen molar-refractivity contribution in [3.05, 3.63) is 23.5 Å². The maximum atomic E-state index is 14.3. The molecular formula is C13H18FNO2. The van der Waals surface area contributed by atoms with Crippen LogP contribution in [0.3, 0.4) is 0 Å². The standard InChI is InChI=1S/C13H18FNO2/c1-17-10-5-4-9(16)11(12(10)14)13(8-15)6-2-3-7-13/h4-5,16H,2-3,6-8,15H2,1H3. The van der Waals surface area contributed by atoms with Gasteiger partial charge in [0.2, 0.25) is 0 Å². The summed E-state index contributed by atoms with van der Waals surface area (Å²) < 4.78 is 19.2. The summed E-state index contributed by atoms with van der Waals surface area (Å²) in [6.07, 6.45) is 3.68. The third-order valence-electron chi connectivity index (χ3n) is 3.79. The van der Waals surface area contributed by atoms with Crippen molar-refractivity contribution in [2.45, 2.75) is 31.1 Å². The lowest BCUT2D eigenvalue weighted by Gasteiger charge is -2.29. The zero-order valence-electron chi connectivity index (χ0n) is 10.0. The average molecular weight is 239 g/mol. The van der Waals surface area contributed by atoms with Crippen LogP contribution in [0.1, 0.15) is 31.2 Å². The molecular weight excluding hydrogens is 221 g/mol. The highest BCUT2D eigenvalue weighted by molar-refractivity contribution is 5.46. The van der Waals surface area contributed by atoms with Crippen molar-refractivity contribution >= 4 is 0 Å². The van der Waals surface area contributed by atoms with Gasteiger partial charge in [-0.1, -0.05) is 12.8 Å². The molecule has 0 unspecified atom stereocenters. The van der Waals surface area contributed by atoms with E-state index >= 15 is 0 Å². The summed E-state index contributed by atoms with van der Waals surface area (Å²) in [5.41, 5.74) is 5.71. The van der Waals surface area contributed by atoms with E-state index in [0.717, 1.165) is 25.7 Å². The second-order valence-corrected chi connectivity index (χ2v) is 4.67. The molecule has 0 aliphatic heterocycles. The van der Waals surface area contributed by atoms with Gasteiger partial charge in [-0.2, -0.15) is 0 Å². The van der Waals surface area contributed by atoms with Gasteiger partial charge in [0.05, 0.1) is 7.11 Å². The first-order valence-electron chi connectivity index (χ1n) is 5.90. The van der Waals surface area contributed by atoms with Crippen molar-refractivity contribution in [3.8, 4) is 11.5 Å². The van der Waals surface area contributed by atoms with Gasteiger partial charge in [-0.3, -0.25) is 0 Å². The zero-order chi connectivity index (χ0) is 12.5. The molecule has 1 saturated carbocycles. The normalized spacial score (nSPS) is 18.3. The Morgan fingerprint density at radius 2 is 2.06 bits per heavy atom. The van der Waals surface area contributed by atoms with Crippen LogP contribution in [0.5, 0.6) is 11.5 Å². The molecule has 0 aromatic heterocycles. The molecule has 1 aromatic carbocycles. The first kappa shape index (κ1) is 12.2. The summed E-state index contributed by atoms with van der Waals surface area (Å²) in [4.78, 5) is 0. The van der Waals surface area contributed by atoms with Crippen molar-refractivity contribution in [1.82, 2.24) is 0 Å². The van der Waals surface area contributed by atoms with Gasteiger partial charge in [-0.15, -0.1) is 0 Å². The first-order chi connectivity index (χ1) is 8.14. The molecule has 2 rings (SSSR count). The molecule has 94 valence electrons. The van der Waals surface area contributed by atoms with Crippen LogP contribution in [0, 0.1) is 5.82 Å². The maximum Gasteiger partial charge on any atom is 0.172 e. The molecule has 1 aliphatic carbocycles. The van der Waals surface area contributed by atoms with E-state index in [9.17, 15) is 9.50 Å². The second kappa shape index (κ2) is 4.53. The number of hydrogen-bond donors (Lipinski definition) is 2. The van der Waals surface area contributed by atoms with Gasteiger partial charge in [0.15, 0.2) is 11.6 Å². The molecule has 0 bridgehead atoms. The Hall–Kier alpha value is -1.29. The predicted octanol–water partition coefficient (Wildman–Crippen LogP) is 2.31. The Bertz CT molecular complexity index is 414. The molecule has 0 heterocycles. The molecule has 3 N–H and O–H groups in total. The van der Waals surface area contributed by atoms with E-state index in [1.807, 2.05) is 0 Å². The van der Waals surface area contributed by atoms with Crippen LogP contribution < -0.4 is 10.5 Å². The monoisotopic (exact) mass is 239 g/mol. The number of hydrogen-bond acceptors (Lipinski definition) is 3. The molecule has 1 fully saturated rings. The van der Waals surface area contributed by atoms with E-state index in [2.05, 4.69) is 0 Å². The molecule has 0 amide bonds. The van der Waals surface area contributed by atoms with E-state index < -0.39 is 11.2 Å². The number of rotatable bonds is 3. The SMILES string of the molecule is COc1ccc(O)c(C2(CN)CCCC2)c1F. The minimum Gasteiger partial charge on any atom is -0.508 e. The summed E-state index contributed by atoms with van der Waals surface area (Å²) in [5, 5.41) is 9.92. The van der Waals surface area contributed by atoms with Crippen molar-refractivity contribution in [2.24, 2.45) is 5.73 Å². The van der Waals surface area contributed by atoms with Crippen LogP contribution in [-0.2, 0) is 5.41 Å². The quantitative estimate of drug-likeness (QED) is 0.851. The van der Waals surface area contributed by atoms with E-state index in [1.165, 1.54) is 19.2 Å². The number of methoxy groups -OCH3 is 1. The van der Waals surface area contributed by atoms with Crippen LogP contribution in [0.2, 0.25) is 0 Å². The van der Waals surface area contributed by atoms with Crippen LogP contribution in [0.25, 0.3) is 0 Å². The molecule has 1 aliphatic rings. The van der Waals surface area contributed by atoms with Gasteiger partial charge >= 0.3 is 0 Å². The van der Waals surface area contributed by atoms with Crippen LogP contribution in [-0.4, -0.2) is 18.8 Å². The lowest BCUT2D eigenvalue weighted by molar-refractivity contribution is 0.351. The smallest absolute Gasteiger partial charge is 0.172 e. The maximum absolute atomic E-state index is 14.3. The predicted molar refractivity (Wildman–Crippen MR) is 63.8 cm³/mol. The number of halogens is 1. The van der Waals surface area contributed by atoms with Crippen molar-refractivity contribution in [2.75, 3.05) is 13.7 Å². The summed E-state index contributed by atoms with van der Waals surface area (Å²) >= 11 is 0. The second-order valence-electron chi connectivity index (χ2n) is 4.67. The van der Waals surface area contributed by atoms with E-state index in [1.54, 1.807) is 0 Å². The summed E-state index contributed by atoms with van der Waals surface area (Å²) in [5.74, 6) is -0.326. The number of ether oxygens (including phenoxy) is 1. The molecule has 17 heavy (non-hydrogen) atoms. The molecule has 4 heteroatoms. The number of nitrogens with two attached hydrogens (primary N) is 1. The van der Waals surface area contributed by atoms with Crippen LogP contribution >= 0.6 is 0 Å². The van der Waals surface area contributed by atoms with Gasteiger partial charge in [0, 0.05) is 17.5 Å². The van der Waals surface area contributed by atoms with E-state index in [-0.39, 0.29) is 11.5 Å². The summed E-state index contributed by atoms with van der Waals surface area (Å²) in [7, 11) is 1.42. The highest BCUT2D eigenvalue weighted by atomic mass is 19.1. The molecule has 0 radical (unpaired) electrons. The van der Waals surface area contributed by atoms with Crippen LogP contribution in [0.15, 0.2) is 12.1 Å².